The molecule has 0 aliphatic rings. The second-order valence-electron chi connectivity index (χ2n) is 7.44. The summed E-state index contributed by atoms with van der Waals surface area (Å²) in [6.07, 6.45) is 1.04. The highest BCUT2D eigenvalue weighted by molar-refractivity contribution is 14.0. The molecule has 1 aromatic heterocycles. The van der Waals surface area contributed by atoms with E-state index in [0.29, 0.717) is 24.9 Å². The Morgan fingerprint density at radius 2 is 1.97 bits per heavy atom. The normalized spacial score (nSPS) is 11.3. The van der Waals surface area contributed by atoms with E-state index in [1.807, 2.05) is 20.8 Å². The molecule has 0 unspecified atom stereocenters. The Labute approximate surface area is 191 Å². The summed E-state index contributed by atoms with van der Waals surface area (Å²) in [5.74, 6) is 3.78. The number of guanidine groups is 1. The second-order valence-corrected chi connectivity index (χ2v) is 7.44. The zero-order chi connectivity index (χ0) is 20.5. The third-order valence-electron chi connectivity index (χ3n) is 4.41. The summed E-state index contributed by atoms with van der Waals surface area (Å²) in [4.78, 5) is 9.11. The lowest BCUT2D eigenvalue weighted by molar-refractivity contribution is 0.287. The van der Waals surface area contributed by atoms with E-state index >= 15 is 0 Å². The molecule has 0 amide bonds. The molecule has 29 heavy (non-hydrogen) atoms. The van der Waals surface area contributed by atoms with Crippen LogP contribution in [0, 0.1) is 26.7 Å². The van der Waals surface area contributed by atoms with E-state index < -0.39 is 0 Å². The molecule has 0 radical (unpaired) electrons. The van der Waals surface area contributed by atoms with Gasteiger partial charge in [-0.3, -0.25) is 0 Å². The predicted molar refractivity (Wildman–Crippen MR) is 129 cm³/mol. The maximum Gasteiger partial charge on any atom is 0.214 e. The average Bonchev–Trinajstić information content (AvgIpc) is 2.96. The van der Waals surface area contributed by atoms with Gasteiger partial charge in [-0.2, -0.15) is 0 Å². The maximum absolute atomic E-state index is 6.03. The van der Waals surface area contributed by atoms with Crippen LogP contribution in [0.4, 0.5) is 0 Å². The van der Waals surface area contributed by atoms with Gasteiger partial charge in [0.25, 0.3) is 0 Å². The molecule has 2 N–H and O–H groups in total. The van der Waals surface area contributed by atoms with Gasteiger partial charge in [0, 0.05) is 12.1 Å². The van der Waals surface area contributed by atoms with Gasteiger partial charge in [-0.25, -0.2) is 9.98 Å². The van der Waals surface area contributed by atoms with Gasteiger partial charge >= 0.3 is 0 Å². The minimum Gasteiger partial charge on any atom is -0.493 e. The molecule has 0 aliphatic carbocycles. The van der Waals surface area contributed by atoms with E-state index in [2.05, 4.69) is 54.6 Å². The van der Waals surface area contributed by atoms with E-state index in [1.54, 1.807) is 0 Å². The number of aliphatic imine (C=N–C) groups is 1. The van der Waals surface area contributed by atoms with Gasteiger partial charge in [0.2, 0.25) is 5.89 Å². The van der Waals surface area contributed by atoms with Crippen LogP contribution in [-0.4, -0.2) is 24.1 Å². The maximum atomic E-state index is 6.03. The summed E-state index contributed by atoms with van der Waals surface area (Å²) >= 11 is 0. The Morgan fingerprint density at radius 3 is 2.59 bits per heavy atom. The molecule has 0 atom stereocenters. The van der Waals surface area contributed by atoms with Crippen molar-refractivity contribution in [2.45, 2.75) is 61.1 Å². The summed E-state index contributed by atoms with van der Waals surface area (Å²) in [5, 5.41) is 6.54. The minimum atomic E-state index is 0. The van der Waals surface area contributed by atoms with Crippen LogP contribution >= 0.6 is 24.0 Å². The van der Waals surface area contributed by atoms with Gasteiger partial charge in [-0.15, -0.1) is 24.0 Å². The number of halogens is 1. The van der Waals surface area contributed by atoms with Crippen LogP contribution in [0.2, 0.25) is 0 Å². The first kappa shape index (κ1) is 25.3. The number of rotatable bonds is 9. The molecule has 2 aromatic rings. The molecule has 0 aliphatic heterocycles. The number of benzene rings is 1. The molecule has 6 nitrogen and oxygen atoms in total. The first-order valence-corrected chi connectivity index (χ1v) is 10.1. The standard InChI is InChI=1S/C22H34N4O2.HI/c1-7-23-22(25-14-21-26-17(5)18(6)28-21)24-13-19-9-8-16(4)12-20(19)27-11-10-15(2)3;/h8-9,12,15H,7,10-11,13-14H2,1-6H3,(H2,23,24,25);1H. The summed E-state index contributed by atoms with van der Waals surface area (Å²) in [6.45, 7) is 14.9. The highest BCUT2D eigenvalue weighted by Crippen LogP contribution is 2.22. The topological polar surface area (TPSA) is 71.7 Å². The fraction of sp³-hybridized carbons (Fsp3) is 0.545. The van der Waals surface area contributed by atoms with Crippen LogP contribution < -0.4 is 15.4 Å². The van der Waals surface area contributed by atoms with Crippen molar-refractivity contribution in [1.82, 2.24) is 15.6 Å². The predicted octanol–water partition coefficient (Wildman–Crippen LogP) is 4.90. The Hall–Kier alpha value is -1.77. The molecule has 0 saturated heterocycles. The minimum absolute atomic E-state index is 0. The lowest BCUT2D eigenvalue weighted by Crippen LogP contribution is -2.36. The molecule has 2 rings (SSSR count). The molecule has 0 bridgehead atoms. The zero-order valence-electron chi connectivity index (χ0n) is 18.5. The molecular weight excluding hydrogens is 479 g/mol. The zero-order valence-corrected chi connectivity index (χ0v) is 20.8. The highest BCUT2D eigenvalue weighted by Gasteiger charge is 2.08. The number of hydrogen-bond acceptors (Lipinski definition) is 4. The largest absolute Gasteiger partial charge is 0.493 e. The van der Waals surface area contributed by atoms with Crippen molar-refractivity contribution in [3.8, 4) is 5.75 Å². The number of aryl methyl sites for hydroxylation is 3. The first-order chi connectivity index (χ1) is 13.4. The van der Waals surface area contributed by atoms with Gasteiger partial charge in [0.15, 0.2) is 5.96 Å². The monoisotopic (exact) mass is 514 g/mol. The van der Waals surface area contributed by atoms with Crippen molar-refractivity contribution >= 4 is 29.9 Å². The van der Waals surface area contributed by atoms with Crippen molar-refractivity contribution < 1.29 is 9.15 Å². The molecule has 1 aromatic carbocycles. The molecule has 7 heteroatoms. The van der Waals surface area contributed by atoms with Crippen molar-refractivity contribution in [3.63, 3.8) is 0 Å². The average molecular weight is 514 g/mol. The summed E-state index contributed by atoms with van der Waals surface area (Å²) in [6, 6.07) is 6.27. The number of nitrogens with zero attached hydrogens (tertiary/aromatic N) is 2. The fourth-order valence-electron chi connectivity index (χ4n) is 2.61. The Morgan fingerprint density at radius 1 is 1.21 bits per heavy atom. The van der Waals surface area contributed by atoms with Crippen LogP contribution in [0.15, 0.2) is 27.6 Å². The SMILES string of the molecule is CCNC(=NCc1ccc(C)cc1OCCC(C)C)NCc1nc(C)c(C)o1.I. The first-order valence-electron chi connectivity index (χ1n) is 10.1. The van der Waals surface area contributed by atoms with Gasteiger partial charge in [0.05, 0.1) is 25.4 Å². The number of hydrogen-bond donors (Lipinski definition) is 2. The van der Waals surface area contributed by atoms with Gasteiger partial charge in [-0.05, 0) is 51.7 Å². The quantitative estimate of drug-likeness (QED) is 0.283. The van der Waals surface area contributed by atoms with E-state index in [4.69, 9.17) is 14.1 Å². The molecule has 0 saturated carbocycles. The third-order valence-corrected chi connectivity index (χ3v) is 4.41. The second kappa shape index (κ2) is 12.7. The van der Waals surface area contributed by atoms with Crippen molar-refractivity contribution in [2.75, 3.05) is 13.2 Å². The van der Waals surface area contributed by atoms with E-state index in [0.717, 1.165) is 48.3 Å². The Balaban J connectivity index is 0.00000420. The number of oxazole rings is 1. The molecule has 162 valence electrons. The lowest BCUT2D eigenvalue weighted by atomic mass is 10.1. The Bertz CT molecular complexity index is 768. The molecule has 0 spiro atoms. The van der Waals surface area contributed by atoms with Crippen molar-refractivity contribution in [1.29, 1.82) is 0 Å². The van der Waals surface area contributed by atoms with Crippen LogP contribution in [0.1, 0.15) is 55.7 Å². The summed E-state index contributed by atoms with van der Waals surface area (Å²) in [5.41, 5.74) is 3.18. The van der Waals surface area contributed by atoms with Crippen LogP contribution in [-0.2, 0) is 13.1 Å². The van der Waals surface area contributed by atoms with E-state index in [-0.39, 0.29) is 24.0 Å². The molecule has 1 heterocycles. The molecule has 0 fully saturated rings. The van der Waals surface area contributed by atoms with Gasteiger partial charge < -0.3 is 19.8 Å². The summed E-state index contributed by atoms with van der Waals surface area (Å²) < 4.78 is 11.7. The fourth-order valence-corrected chi connectivity index (χ4v) is 2.61. The van der Waals surface area contributed by atoms with Gasteiger partial charge in [-0.1, -0.05) is 26.0 Å². The smallest absolute Gasteiger partial charge is 0.214 e. The van der Waals surface area contributed by atoms with Gasteiger partial charge in [0.1, 0.15) is 11.5 Å². The van der Waals surface area contributed by atoms with E-state index in [1.165, 1.54) is 5.56 Å². The van der Waals surface area contributed by atoms with Crippen molar-refractivity contribution in [3.05, 3.63) is 46.7 Å². The lowest BCUT2D eigenvalue weighted by Gasteiger charge is -2.14. The van der Waals surface area contributed by atoms with E-state index in [9.17, 15) is 0 Å². The van der Waals surface area contributed by atoms with Crippen LogP contribution in [0.3, 0.4) is 0 Å². The van der Waals surface area contributed by atoms with Crippen molar-refractivity contribution in [2.24, 2.45) is 10.9 Å². The third kappa shape index (κ3) is 8.64. The van der Waals surface area contributed by atoms with Crippen LogP contribution in [0.25, 0.3) is 0 Å². The Kier molecular flexibility index (Phi) is 11.1. The number of nitrogens with one attached hydrogen (secondary N) is 2. The number of ether oxygens (including phenoxy) is 1. The van der Waals surface area contributed by atoms with Crippen LogP contribution in [0.5, 0.6) is 5.75 Å². The summed E-state index contributed by atoms with van der Waals surface area (Å²) in [7, 11) is 0. The number of aromatic nitrogens is 1. The molecular formula is C22H35IN4O2. The highest BCUT2D eigenvalue weighted by atomic mass is 127.